The molecule has 0 radical (unpaired) electrons. The van der Waals surface area contributed by atoms with Crippen molar-refractivity contribution in [2.75, 3.05) is 13.1 Å². The number of hydrogen-bond acceptors (Lipinski definition) is 3. The summed E-state index contributed by atoms with van der Waals surface area (Å²) in [5, 5.41) is 13.0. The van der Waals surface area contributed by atoms with E-state index in [1.807, 2.05) is 23.5 Å². The third kappa shape index (κ3) is 2.89. The maximum atomic E-state index is 6.53. The second kappa shape index (κ2) is 6.76. The summed E-state index contributed by atoms with van der Waals surface area (Å²) < 4.78 is 0. The highest BCUT2D eigenvalue weighted by Crippen LogP contribution is 2.36. The molecule has 1 N–H and O–H groups in total. The number of fused-ring (bicyclic) bond motifs is 5. The Kier molecular flexibility index (Phi) is 4.12. The molecule has 1 heterocycles. The minimum absolute atomic E-state index is 0.504. The van der Waals surface area contributed by atoms with Crippen molar-refractivity contribution in [3.8, 4) is 0 Å². The number of halogens is 1. The lowest BCUT2D eigenvalue weighted by atomic mass is 9.94. The maximum absolute atomic E-state index is 6.53. The van der Waals surface area contributed by atoms with E-state index in [-0.39, 0.29) is 0 Å². The van der Waals surface area contributed by atoms with Crippen LogP contribution >= 0.6 is 11.6 Å². The van der Waals surface area contributed by atoms with E-state index in [1.165, 1.54) is 26.9 Å². The molecule has 0 saturated carbocycles. The third-order valence-corrected chi connectivity index (χ3v) is 5.49. The molecule has 3 nitrogen and oxygen atoms in total. The van der Waals surface area contributed by atoms with Crippen LogP contribution < -0.4 is 5.32 Å². The first kappa shape index (κ1) is 16.4. The molecule has 1 aliphatic rings. The van der Waals surface area contributed by atoms with Gasteiger partial charge in [0, 0.05) is 29.4 Å². The molecule has 0 fully saturated rings. The van der Waals surface area contributed by atoms with E-state index in [0.29, 0.717) is 6.61 Å². The molecule has 0 bridgehead atoms. The van der Waals surface area contributed by atoms with Gasteiger partial charge in [0.05, 0.1) is 6.54 Å². The fraction of sp³-hybridized carbons (Fsp3) is 0.130. The van der Waals surface area contributed by atoms with Gasteiger partial charge < -0.3 is 5.32 Å². The smallest absolute Gasteiger partial charge is 0.101 e. The molecule has 0 amide bonds. The molecular formula is C23H19ClN2O. The van der Waals surface area contributed by atoms with Crippen molar-refractivity contribution in [1.29, 1.82) is 0 Å². The Morgan fingerprint density at radius 3 is 2.63 bits per heavy atom. The van der Waals surface area contributed by atoms with Crippen LogP contribution in [0, 0.1) is 0 Å². The molecule has 1 aliphatic heterocycles. The highest BCUT2D eigenvalue weighted by Gasteiger charge is 2.12. The Morgan fingerprint density at radius 1 is 0.889 bits per heavy atom. The second-order valence-electron chi connectivity index (χ2n) is 6.76. The lowest BCUT2D eigenvalue weighted by Crippen LogP contribution is -2.31. The Hall–Kier alpha value is -2.75. The van der Waals surface area contributed by atoms with Gasteiger partial charge in [0.2, 0.25) is 0 Å². The Balaban J connectivity index is 1.69. The molecule has 4 aromatic carbocycles. The Bertz CT molecular complexity index is 1190. The van der Waals surface area contributed by atoms with Crippen molar-refractivity contribution in [2.45, 2.75) is 6.61 Å². The standard InChI is InChI=1S/C23H19ClN2O/c24-22-10-6-17(15-27-26-13-11-25-12-14-26)23-20-7-5-16-3-1-2-4-18(16)19(20)8-9-21(22)23/h1-11,13,25H,12,14-15H2. The average Bonchev–Trinajstić information content (AvgIpc) is 2.73. The first-order valence-corrected chi connectivity index (χ1v) is 9.50. The van der Waals surface area contributed by atoms with Gasteiger partial charge in [-0.1, -0.05) is 66.2 Å². The number of nitrogens with one attached hydrogen (secondary N) is 1. The molecule has 0 saturated heterocycles. The minimum Gasteiger partial charge on any atom is -0.388 e. The maximum Gasteiger partial charge on any atom is 0.101 e. The van der Waals surface area contributed by atoms with Gasteiger partial charge in [-0.3, -0.25) is 9.90 Å². The van der Waals surface area contributed by atoms with Crippen molar-refractivity contribution in [3.63, 3.8) is 0 Å². The normalized spacial score (nSPS) is 14.2. The number of hydroxylamine groups is 2. The van der Waals surface area contributed by atoms with Gasteiger partial charge in [0.25, 0.3) is 0 Å². The summed E-state index contributed by atoms with van der Waals surface area (Å²) in [4.78, 5) is 6.02. The van der Waals surface area contributed by atoms with E-state index in [2.05, 4.69) is 59.9 Å². The van der Waals surface area contributed by atoms with Gasteiger partial charge in [0.15, 0.2) is 0 Å². The van der Waals surface area contributed by atoms with Crippen molar-refractivity contribution in [1.82, 2.24) is 10.4 Å². The predicted molar refractivity (Wildman–Crippen MR) is 113 cm³/mol. The van der Waals surface area contributed by atoms with E-state index >= 15 is 0 Å². The predicted octanol–water partition coefficient (Wildman–Crippen LogP) is 5.61. The van der Waals surface area contributed by atoms with Crippen LogP contribution in [0.5, 0.6) is 0 Å². The van der Waals surface area contributed by atoms with Gasteiger partial charge in [-0.2, -0.15) is 0 Å². The molecule has 5 rings (SSSR count). The average molecular weight is 375 g/mol. The third-order valence-electron chi connectivity index (χ3n) is 5.16. The largest absolute Gasteiger partial charge is 0.388 e. The van der Waals surface area contributed by atoms with Crippen molar-refractivity contribution in [3.05, 3.63) is 83.6 Å². The molecule has 4 heteroatoms. The van der Waals surface area contributed by atoms with Crippen LogP contribution in [0.2, 0.25) is 5.02 Å². The van der Waals surface area contributed by atoms with Gasteiger partial charge in [-0.25, -0.2) is 0 Å². The Morgan fingerprint density at radius 2 is 1.74 bits per heavy atom. The van der Waals surface area contributed by atoms with E-state index in [1.54, 1.807) is 0 Å². The van der Waals surface area contributed by atoms with Crippen molar-refractivity contribution < 1.29 is 4.84 Å². The summed E-state index contributed by atoms with van der Waals surface area (Å²) in [5.74, 6) is 0. The topological polar surface area (TPSA) is 24.5 Å². The van der Waals surface area contributed by atoms with E-state index in [9.17, 15) is 0 Å². The van der Waals surface area contributed by atoms with Gasteiger partial charge in [0.1, 0.15) is 6.61 Å². The molecule has 4 aromatic rings. The highest BCUT2D eigenvalue weighted by atomic mass is 35.5. The summed E-state index contributed by atoms with van der Waals surface area (Å²) in [7, 11) is 0. The van der Waals surface area contributed by atoms with Gasteiger partial charge >= 0.3 is 0 Å². The van der Waals surface area contributed by atoms with E-state index < -0.39 is 0 Å². The lowest BCUT2D eigenvalue weighted by Gasteiger charge is -2.23. The summed E-state index contributed by atoms with van der Waals surface area (Å²) in [5.41, 5.74) is 1.14. The Labute approximate surface area is 162 Å². The number of benzene rings is 4. The quantitative estimate of drug-likeness (QED) is 0.472. The molecule has 0 aliphatic carbocycles. The first-order chi connectivity index (χ1) is 13.3. The highest BCUT2D eigenvalue weighted by molar-refractivity contribution is 6.37. The molecule has 0 unspecified atom stereocenters. The van der Waals surface area contributed by atoms with Crippen LogP contribution in [-0.4, -0.2) is 18.2 Å². The first-order valence-electron chi connectivity index (χ1n) is 9.12. The SMILES string of the molecule is Clc1ccc(CON2C=CNCC2)c2c1ccc1c3ccccc3ccc12. The van der Waals surface area contributed by atoms with Crippen LogP contribution in [0.15, 0.2) is 73.1 Å². The monoisotopic (exact) mass is 374 g/mol. The zero-order valence-corrected chi connectivity index (χ0v) is 15.5. The fourth-order valence-corrected chi connectivity index (χ4v) is 4.05. The van der Waals surface area contributed by atoms with Crippen LogP contribution in [0.4, 0.5) is 0 Å². The molecule has 134 valence electrons. The molecular weight excluding hydrogens is 356 g/mol. The van der Waals surface area contributed by atoms with E-state index in [4.69, 9.17) is 16.4 Å². The zero-order chi connectivity index (χ0) is 18.2. The number of hydrogen-bond donors (Lipinski definition) is 1. The van der Waals surface area contributed by atoms with Crippen LogP contribution in [0.25, 0.3) is 32.3 Å². The van der Waals surface area contributed by atoms with Crippen molar-refractivity contribution >= 4 is 43.9 Å². The van der Waals surface area contributed by atoms with E-state index in [0.717, 1.165) is 29.1 Å². The number of nitrogens with zero attached hydrogens (tertiary/aromatic N) is 1. The lowest BCUT2D eigenvalue weighted by molar-refractivity contribution is -0.133. The summed E-state index contributed by atoms with van der Waals surface area (Å²) in [6, 6.07) is 21.2. The minimum atomic E-state index is 0.504. The summed E-state index contributed by atoms with van der Waals surface area (Å²) >= 11 is 6.53. The van der Waals surface area contributed by atoms with Crippen LogP contribution in [0.1, 0.15) is 5.56 Å². The fourth-order valence-electron chi connectivity index (χ4n) is 3.83. The molecule has 27 heavy (non-hydrogen) atoms. The number of rotatable bonds is 3. The zero-order valence-electron chi connectivity index (χ0n) is 14.8. The summed E-state index contributed by atoms with van der Waals surface area (Å²) in [6.45, 7) is 2.21. The van der Waals surface area contributed by atoms with Crippen LogP contribution in [0.3, 0.4) is 0 Å². The molecule has 0 spiro atoms. The van der Waals surface area contributed by atoms with Gasteiger partial charge in [-0.05, 0) is 38.6 Å². The second-order valence-corrected chi connectivity index (χ2v) is 7.17. The van der Waals surface area contributed by atoms with Gasteiger partial charge in [-0.15, -0.1) is 0 Å². The molecule has 0 atom stereocenters. The van der Waals surface area contributed by atoms with Crippen LogP contribution in [-0.2, 0) is 11.4 Å². The molecule has 0 aromatic heterocycles. The van der Waals surface area contributed by atoms with Crippen molar-refractivity contribution in [2.24, 2.45) is 0 Å². The summed E-state index contributed by atoms with van der Waals surface area (Å²) in [6.07, 6.45) is 3.83.